The molecule has 2 amide bonds. The van der Waals surface area contributed by atoms with E-state index in [1.165, 1.54) is 12.0 Å². The van der Waals surface area contributed by atoms with Gasteiger partial charge in [0.2, 0.25) is 10.0 Å². The maximum absolute atomic E-state index is 14.6. The molecule has 0 radical (unpaired) electrons. The molecule has 1 N–H and O–H groups in total. The zero-order valence-electron chi connectivity index (χ0n) is 32.1. The summed E-state index contributed by atoms with van der Waals surface area (Å²) < 4.78 is 49.0. The van der Waals surface area contributed by atoms with Crippen LogP contribution in [-0.2, 0) is 32.6 Å². The molecule has 4 heterocycles. The van der Waals surface area contributed by atoms with Crippen molar-refractivity contribution in [3.63, 3.8) is 0 Å². The van der Waals surface area contributed by atoms with Gasteiger partial charge < -0.3 is 23.7 Å². The standard InChI is InChI=1S/C41H51N5O7S/c1-7-46-38(36(26(4)42-46)41(48)44-17-18-53-32(23-44)24-51-5)30-19-29-20-31(52-6)14-16-33(29)39-37(27-11-9-8-10-12-27)34-15-13-28(21-35(34)45(39)22-30)40(47)43-54(49,50)25(2)3/h13-16,19-21,25,27,32H,7-12,17-18,22-24H2,1-6H3,(H,43,47). The van der Waals surface area contributed by atoms with Crippen molar-refractivity contribution in [2.75, 3.05) is 40.5 Å². The Bertz CT molecular complexity index is 2230. The van der Waals surface area contributed by atoms with Crippen LogP contribution in [0.25, 0.3) is 33.8 Å². The third kappa shape index (κ3) is 6.97. The zero-order chi connectivity index (χ0) is 38.3. The summed E-state index contributed by atoms with van der Waals surface area (Å²) in [6, 6.07) is 11.7. The topological polar surface area (TPSA) is 134 Å². The summed E-state index contributed by atoms with van der Waals surface area (Å²) >= 11 is 0. The van der Waals surface area contributed by atoms with Gasteiger partial charge in [-0.2, -0.15) is 5.10 Å². The number of sulfonamides is 1. The fourth-order valence-electron chi connectivity index (χ4n) is 8.37. The van der Waals surface area contributed by atoms with Gasteiger partial charge in [-0.25, -0.2) is 13.1 Å². The molecule has 1 aliphatic carbocycles. The van der Waals surface area contributed by atoms with E-state index in [4.69, 9.17) is 19.3 Å². The van der Waals surface area contributed by atoms with Gasteiger partial charge in [-0.15, -0.1) is 0 Å². The molecule has 2 aliphatic heterocycles. The van der Waals surface area contributed by atoms with Gasteiger partial charge in [0.1, 0.15) is 5.75 Å². The lowest BCUT2D eigenvalue weighted by Gasteiger charge is -2.33. The fraction of sp³-hybridized carbons (Fsp3) is 0.488. The molecule has 13 heteroatoms. The molecular weight excluding hydrogens is 707 g/mol. The molecule has 0 spiro atoms. The molecule has 4 aromatic rings. The first-order valence-corrected chi connectivity index (χ1v) is 20.6. The summed E-state index contributed by atoms with van der Waals surface area (Å²) in [6.07, 6.45) is 7.51. The minimum absolute atomic E-state index is 0.103. The number of carbonyl (C=O) groups is 2. The number of rotatable bonds is 10. The molecule has 1 saturated heterocycles. The number of aryl methyl sites for hydroxylation is 2. The molecule has 2 fully saturated rings. The number of carbonyl (C=O) groups excluding carboxylic acids is 2. The molecule has 54 heavy (non-hydrogen) atoms. The summed E-state index contributed by atoms with van der Waals surface area (Å²) in [7, 11) is -0.560. The van der Waals surface area contributed by atoms with Gasteiger partial charge >= 0.3 is 0 Å². The van der Waals surface area contributed by atoms with Gasteiger partial charge in [0.05, 0.1) is 60.9 Å². The van der Waals surface area contributed by atoms with Crippen LogP contribution in [0.5, 0.6) is 5.75 Å². The third-order valence-corrected chi connectivity index (χ3v) is 12.8. The van der Waals surface area contributed by atoms with Gasteiger partial charge in [-0.05, 0) is 99.6 Å². The van der Waals surface area contributed by atoms with Crippen LogP contribution in [0.3, 0.4) is 0 Å². The number of hydrogen-bond donors (Lipinski definition) is 1. The van der Waals surface area contributed by atoms with E-state index < -0.39 is 21.2 Å². The summed E-state index contributed by atoms with van der Waals surface area (Å²) in [5.74, 6) is 0.248. The van der Waals surface area contributed by atoms with Crippen LogP contribution in [0.15, 0.2) is 36.4 Å². The number of hydrogen-bond acceptors (Lipinski definition) is 8. The van der Waals surface area contributed by atoms with Crippen molar-refractivity contribution in [3.05, 3.63) is 70.0 Å². The van der Waals surface area contributed by atoms with Crippen molar-refractivity contribution in [3.8, 4) is 17.0 Å². The molecule has 1 unspecified atom stereocenters. The van der Waals surface area contributed by atoms with E-state index in [1.54, 1.807) is 34.1 Å². The predicted octanol–water partition coefficient (Wildman–Crippen LogP) is 6.40. The number of amides is 2. The number of nitrogens with one attached hydrogen (secondary N) is 1. The maximum Gasteiger partial charge on any atom is 0.264 e. The summed E-state index contributed by atoms with van der Waals surface area (Å²) in [5, 5.41) is 5.18. The van der Waals surface area contributed by atoms with E-state index in [1.807, 2.05) is 47.7 Å². The number of methoxy groups -OCH3 is 2. The highest BCUT2D eigenvalue weighted by Gasteiger charge is 2.34. The quantitative estimate of drug-likeness (QED) is 0.197. The maximum atomic E-state index is 14.6. The van der Waals surface area contributed by atoms with E-state index in [9.17, 15) is 18.0 Å². The number of fused-ring (bicyclic) bond motifs is 5. The molecule has 1 saturated carbocycles. The Balaban J connectivity index is 1.45. The molecular formula is C41H51N5O7S. The van der Waals surface area contributed by atoms with E-state index in [0.29, 0.717) is 62.3 Å². The van der Waals surface area contributed by atoms with Crippen LogP contribution in [0.1, 0.15) is 102 Å². The molecule has 12 nitrogen and oxygen atoms in total. The Kier molecular flexibility index (Phi) is 10.8. The number of morpholine rings is 1. The lowest BCUT2D eigenvalue weighted by Crippen LogP contribution is -2.47. The average Bonchev–Trinajstić information content (AvgIpc) is 3.61. The predicted molar refractivity (Wildman–Crippen MR) is 209 cm³/mol. The Labute approximate surface area is 317 Å². The fourth-order valence-corrected chi connectivity index (χ4v) is 8.99. The lowest BCUT2D eigenvalue weighted by atomic mass is 9.81. The van der Waals surface area contributed by atoms with Crippen LogP contribution in [0.4, 0.5) is 0 Å². The van der Waals surface area contributed by atoms with Crippen molar-refractivity contribution < 1.29 is 32.2 Å². The van der Waals surface area contributed by atoms with Crippen molar-refractivity contribution in [1.29, 1.82) is 0 Å². The zero-order valence-corrected chi connectivity index (χ0v) is 32.9. The first-order chi connectivity index (χ1) is 25.9. The van der Waals surface area contributed by atoms with E-state index in [0.717, 1.165) is 64.7 Å². The molecule has 1 atom stereocenters. The van der Waals surface area contributed by atoms with Crippen molar-refractivity contribution in [1.82, 2.24) is 24.0 Å². The normalized spacial score (nSPS) is 17.9. The van der Waals surface area contributed by atoms with Gasteiger partial charge in [0, 0.05) is 48.8 Å². The van der Waals surface area contributed by atoms with Crippen molar-refractivity contribution in [2.45, 2.75) is 90.2 Å². The Hall–Kier alpha value is -4.46. The molecule has 7 rings (SSSR count). The van der Waals surface area contributed by atoms with Gasteiger partial charge in [0.25, 0.3) is 11.8 Å². The van der Waals surface area contributed by atoms with Crippen molar-refractivity contribution >= 4 is 44.4 Å². The molecule has 0 bridgehead atoms. The van der Waals surface area contributed by atoms with Crippen molar-refractivity contribution in [2.24, 2.45) is 0 Å². The van der Waals surface area contributed by atoms with Crippen LogP contribution < -0.4 is 9.46 Å². The number of allylic oxidation sites excluding steroid dienone is 1. The Morgan fingerprint density at radius 2 is 1.83 bits per heavy atom. The Morgan fingerprint density at radius 3 is 2.54 bits per heavy atom. The second-order valence-corrected chi connectivity index (χ2v) is 17.1. The highest BCUT2D eigenvalue weighted by molar-refractivity contribution is 7.90. The SMILES string of the molecule is CCn1nc(C)c(C(=O)N2CCOC(COC)C2)c1C1=Cc2cc(OC)ccc2-c2c(C3CCCCC3)c3ccc(C(=O)NS(=O)(=O)C(C)C)cc3n2C1. The van der Waals surface area contributed by atoms with Gasteiger partial charge in [-0.3, -0.25) is 14.3 Å². The van der Waals surface area contributed by atoms with Gasteiger partial charge in [0.15, 0.2) is 0 Å². The summed E-state index contributed by atoms with van der Waals surface area (Å²) in [5.41, 5.74) is 8.21. The van der Waals surface area contributed by atoms with E-state index in [-0.39, 0.29) is 17.6 Å². The number of benzene rings is 2. The summed E-state index contributed by atoms with van der Waals surface area (Å²) in [6.45, 7) is 9.61. The van der Waals surface area contributed by atoms with E-state index >= 15 is 0 Å². The average molecular weight is 758 g/mol. The molecule has 288 valence electrons. The lowest BCUT2D eigenvalue weighted by molar-refractivity contribution is -0.0531. The minimum atomic E-state index is -3.85. The largest absolute Gasteiger partial charge is 0.497 e. The van der Waals surface area contributed by atoms with Crippen LogP contribution in [0.2, 0.25) is 0 Å². The highest BCUT2D eigenvalue weighted by Crippen LogP contribution is 2.48. The van der Waals surface area contributed by atoms with Gasteiger partial charge in [-0.1, -0.05) is 25.3 Å². The second kappa shape index (κ2) is 15.3. The minimum Gasteiger partial charge on any atom is -0.497 e. The second-order valence-electron chi connectivity index (χ2n) is 14.9. The van der Waals surface area contributed by atoms with E-state index in [2.05, 4.69) is 21.4 Å². The number of aromatic nitrogens is 3. The highest BCUT2D eigenvalue weighted by atomic mass is 32.2. The van der Waals surface area contributed by atoms with Crippen LogP contribution in [0, 0.1) is 6.92 Å². The van der Waals surface area contributed by atoms with Crippen LogP contribution >= 0.6 is 0 Å². The van der Waals surface area contributed by atoms with Crippen LogP contribution in [-0.4, -0.2) is 91.4 Å². The molecule has 3 aliphatic rings. The number of ether oxygens (including phenoxy) is 3. The first-order valence-electron chi connectivity index (χ1n) is 19.0. The summed E-state index contributed by atoms with van der Waals surface area (Å²) in [4.78, 5) is 29.9. The smallest absolute Gasteiger partial charge is 0.264 e. The monoisotopic (exact) mass is 757 g/mol. The number of nitrogens with zero attached hydrogens (tertiary/aromatic N) is 4. The first kappa shape index (κ1) is 37.8. The third-order valence-electron chi connectivity index (χ3n) is 11.1. The molecule has 2 aromatic carbocycles. The Morgan fingerprint density at radius 1 is 1.06 bits per heavy atom. The molecule has 2 aromatic heterocycles.